The summed E-state index contributed by atoms with van der Waals surface area (Å²) in [5.74, 6) is -15.9. The van der Waals surface area contributed by atoms with Crippen LogP contribution in [0.4, 0.5) is 22.0 Å². The molecule has 0 bridgehead atoms. The number of hydrogen-bond acceptors (Lipinski definition) is 13. The van der Waals surface area contributed by atoms with E-state index in [0.717, 1.165) is 90.1 Å². The predicted octanol–water partition coefficient (Wildman–Crippen LogP) is 4.28. The van der Waals surface area contributed by atoms with Gasteiger partial charge in [0.1, 0.15) is 48.3 Å². The first-order valence-electron chi connectivity index (χ1n) is 35.3. The van der Waals surface area contributed by atoms with Gasteiger partial charge in [-0.25, -0.2) is 8.78 Å². The molecule has 4 aliphatic rings. The number of aryl methyl sites for hydroxylation is 1. The molecule has 4 fully saturated rings. The number of nitrogens with one attached hydrogen (secondary N) is 3. The van der Waals surface area contributed by atoms with Crippen LogP contribution in [0.15, 0.2) is 18.2 Å². The zero-order valence-corrected chi connectivity index (χ0v) is 62.5. The molecule has 102 heavy (non-hydrogen) atoms. The third kappa shape index (κ3) is 22.6. The molecular weight excluding hydrogens is 1360 g/mol. The molecular formula is C70H107ClF5N13O13. The maximum atomic E-state index is 15.3. The van der Waals surface area contributed by atoms with Gasteiger partial charge in [-0.1, -0.05) is 97.7 Å². The monoisotopic (exact) mass is 1470 g/mol. The van der Waals surface area contributed by atoms with Crippen LogP contribution < -0.4 is 16.0 Å². The lowest BCUT2D eigenvalue weighted by molar-refractivity contribution is -0.168. The van der Waals surface area contributed by atoms with Gasteiger partial charge in [-0.15, -0.1) is 0 Å². The summed E-state index contributed by atoms with van der Waals surface area (Å²) in [6.07, 6.45) is -0.728. The molecule has 3 saturated heterocycles. The quantitative estimate of drug-likeness (QED) is 0.233. The Kier molecular flexibility index (Phi) is 30.9. The van der Waals surface area contributed by atoms with E-state index in [-0.39, 0.29) is 30.7 Å². The molecule has 26 nitrogen and oxygen atoms in total. The lowest BCUT2D eigenvalue weighted by Gasteiger charge is -2.40. The molecule has 1 saturated carbocycles. The summed E-state index contributed by atoms with van der Waals surface area (Å²) in [7, 11) is 10.3. The maximum Gasteiger partial charge on any atom is 0.417 e. The maximum absolute atomic E-state index is 15.3. The van der Waals surface area contributed by atoms with Crippen molar-refractivity contribution in [1.82, 2.24) is 64.9 Å². The first-order valence-corrected chi connectivity index (χ1v) is 35.6. The average Bonchev–Trinajstić information content (AvgIpc) is 0.805. The molecule has 0 radical (unpaired) electrons. The van der Waals surface area contributed by atoms with Crippen LogP contribution in [-0.4, -0.2) is 282 Å². The number of likely N-dealkylation sites (N-methyl/N-ethyl adjacent to an activating group) is 8. The highest BCUT2D eigenvalue weighted by molar-refractivity contribution is 6.31. The van der Waals surface area contributed by atoms with Crippen molar-refractivity contribution >= 4 is 88.4 Å². The van der Waals surface area contributed by atoms with E-state index in [0.29, 0.717) is 45.2 Å². The minimum Gasteiger partial charge on any atom is -0.343 e. The van der Waals surface area contributed by atoms with E-state index in [1.807, 2.05) is 0 Å². The molecule has 9 atom stereocenters. The largest absolute Gasteiger partial charge is 0.417 e. The summed E-state index contributed by atoms with van der Waals surface area (Å²) in [5.41, 5.74) is -1.01. The molecule has 1 aromatic carbocycles. The molecule has 3 aliphatic heterocycles. The number of alkyl halides is 5. The van der Waals surface area contributed by atoms with Crippen molar-refractivity contribution in [2.24, 2.45) is 23.7 Å². The van der Waals surface area contributed by atoms with Gasteiger partial charge in [0, 0.05) is 69.5 Å². The minimum absolute atomic E-state index is 0.0566. The Morgan fingerprint density at radius 3 is 1.75 bits per heavy atom. The Morgan fingerprint density at radius 2 is 1.20 bits per heavy atom. The number of piperidine rings is 1. The van der Waals surface area contributed by atoms with Crippen LogP contribution in [0.3, 0.4) is 0 Å². The zero-order chi connectivity index (χ0) is 76.7. The molecule has 0 spiro atoms. The van der Waals surface area contributed by atoms with Crippen molar-refractivity contribution in [3.63, 3.8) is 0 Å². The number of hydrogen-bond donors (Lipinski definition) is 3. The van der Waals surface area contributed by atoms with Gasteiger partial charge in [0.2, 0.25) is 76.8 Å². The van der Waals surface area contributed by atoms with E-state index < -0.39 is 218 Å². The van der Waals surface area contributed by atoms with Gasteiger partial charge in [-0.05, 0) is 93.2 Å². The zero-order valence-electron chi connectivity index (χ0n) is 61.8. The number of rotatable bonds is 13. The molecule has 0 aromatic heterocycles. The average molecular weight is 1470 g/mol. The Labute approximate surface area is 600 Å². The van der Waals surface area contributed by atoms with Gasteiger partial charge in [0.15, 0.2) is 0 Å². The van der Waals surface area contributed by atoms with Crippen molar-refractivity contribution < 1.29 is 84.3 Å². The van der Waals surface area contributed by atoms with E-state index in [2.05, 4.69) is 16.0 Å². The molecule has 13 amide bonds. The number of likely N-dealkylation sites (tertiary alicyclic amines) is 2. The molecule has 572 valence electrons. The minimum atomic E-state index is -4.85. The van der Waals surface area contributed by atoms with Gasteiger partial charge < -0.3 is 64.9 Å². The fourth-order valence-electron chi connectivity index (χ4n) is 13.4. The van der Waals surface area contributed by atoms with Gasteiger partial charge in [0.05, 0.1) is 56.2 Å². The normalized spacial score (nSPS) is 25.8. The Bertz CT molecular complexity index is 3200. The van der Waals surface area contributed by atoms with Crippen LogP contribution in [0.25, 0.3) is 0 Å². The summed E-state index contributed by atoms with van der Waals surface area (Å²) < 4.78 is 70.5. The number of carbonyl (C=O) groups is 13. The molecule has 3 N–H and O–H groups in total. The molecule has 1 aliphatic carbocycles. The van der Waals surface area contributed by atoms with Crippen molar-refractivity contribution in [2.75, 3.05) is 102 Å². The lowest BCUT2D eigenvalue weighted by Crippen LogP contribution is -2.63. The Morgan fingerprint density at radius 1 is 0.618 bits per heavy atom. The molecule has 1 aromatic rings. The van der Waals surface area contributed by atoms with Crippen molar-refractivity contribution in [2.45, 2.75) is 205 Å². The first kappa shape index (κ1) is 84.9. The van der Waals surface area contributed by atoms with Crippen LogP contribution in [0.5, 0.6) is 0 Å². The van der Waals surface area contributed by atoms with Crippen molar-refractivity contribution in [3.8, 4) is 0 Å². The third-order valence-electron chi connectivity index (χ3n) is 20.3. The van der Waals surface area contributed by atoms with E-state index in [9.17, 15) is 65.1 Å². The summed E-state index contributed by atoms with van der Waals surface area (Å²) in [4.78, 5) is 201. The van der Waals surface area contributed by atoms with Crippen LogP contribution >= 0.6 is 11.6 Å². The van der Waals surface area contributed by atoms with Crippen molar-refractivity contribution in [3.05, 3.63) is 34.3 Å². The highest BCUT2D eigenvalue weighted by Crippen LogP contribution is 2.36. The molecule has 5 rings (SSSR count). The second-order valence-corrected chi connectivity index (χ2v) is 29.5. The smallest absolute Gasteiger partial charge is 0.343 e. The van der Waals surface area contributed by atoms with E-state index in [1.54, 1.807) is 41.5 Å². The topological polar surface area (TPSA) is 290 Å². The van der Waals surface area contributed by atoms with E-state index in [4.69, 9.17) is 11.6 Å². The standard InChI is InChI=1S/C70H107ClF5N13O13/c1-16-43(6)59-67(101)82(10)37-57(93)80(8)38-58(94)84(12)52(33-45-23-19-17-20-24-45)65(99)81(9)36-54(90)77-49(28-26-46-25-27-47(48(71)32-46)70(74,75)76)63(97)85(13)51(34-56(92)89-39-69(72,73)40-89)62(96)78-50(31-41(2)3)64(98)87(15)60(42(4)5)68(102)86(14)53(66(100)88-29-21-18-22-30-88)35-55(91)83(11)44(7)61(95)79-59/h25,27,32,41-45,49-53,59-60H,16-24,26,28-31,33-40H2,1-15H3,(H,77,90)(H,78,96)(H,79,95)/t43-,44-,49-,50-,51-,52-,53-,59-,60+/m0/s1. The summed E-state index contributed by atoms with van der Waals surface area (Å²) >= 11 is 6.12. The fourth-order valence-corrected chi connectivity index (χ4v) is 13.8. The van der Waals surface area contributed by atoms with Crippen LogP contribution in [0, 0.1) is 23.7 Å². The summed E-state index contributed by atoms with van der Waals surface area (Å²) in [5, 5.41) is 7.30. The van der Waals surface area contributed by atoms with Gasteiger partial charge in [0.25, 0.3) is 5.92 Å². The number of halogens is 6. The fraction of sp³-hybridized carbons (Fsp3) is 0.729. The Balaban J connectivity index is 1.66. The van der Waals surface area contributed by atoms with Crippen LogP contribution in [0.1, 0.15) is 149 Å². The van der Waals surface area contributed by atoms with E-state index >= 15 is 19.2 Å². The lowest BCUT2D eigenvalue weighted by atomic mass is 9.84. The molecule has 32 heteroatoms. The second kappa shape index (κ2) is 37.1. The molecule has 0 unspecified atom stereocenters. The van der Waals surface area contributed by atoms with Crippen LogP contribution in [-0.2, 0) is 74.9 Å². The number of nitrogens with zero attached hydrogens (tertiary/aromatic N) is 10. The highest BCUT2D eigenvalue weighted by atomic mass is 35.5. The van der Waals surface area contributed by atoms with Gasteiger partial charge in [-0.2, -0.15) is 13.2 Å². The number of carbonyl (C=O) groups excluding carboxylic acids is 13. The second-order valence-electron chi connectivity index (χ2n) is 29.1. The van der Waals surface area contributed by atoms with Gasteiger partial charge in [-0.3, -0.25) is 62.3 Å². The van der Waals surface area contributed by atoms with Crippen molar-refractivity contribution in [1.29, 1.82) is 0 Å². The van der Waals surface area contributed by atoms with Gasteiger partial charge >= 0.3 is 6.18 Å². The highest BCUT2D eigenvalue weighted by Gasteiger charge is 2.49. The molecule has 3 heterocycles. The van der Waals surface area contributed by atoms with Crippen LogP contribution in [0.2, 0.25) is 5.02 Å². The third-order valence-corrected chi connectivity index (χ3v) is 20.7. The predicted molar refractivity (Wildman–Crippen MR) is 368 cm³/mol. The Hall–Kier alpha value is -7.73. The SMILES string of the molecule is CC[C@H](C)[C@@H]1NC(=O)[C@H](C)N(C)C(=O)C[C@@H](C(=O)N2CCCCC2)N(C)C(=O)[C@@H](C(C)C)N(C)C(=O)[C@H](CC(C)C)NC(=O)[C@H](CC(=O)N2CC(F)(F)C2)N(C)C(=O)[C@H](CCc2ccc(C(F)(F)F)c(Cl)c2)NC(=O)CN(C)C(=O)[C@H](CC2CCCCC2)N(C)C(=O)CN(C)C(=O)CN(C)C1=O. The number of benzene rings is 1. The first-order chi connectivity index (χ1) is 47.5. The summed E-state index contributed by atoms with van der Waals surface area (Å²) in [6, 6.07) is -9.11. The van der Waals surface area contributed by atoms with E-state index in [1.165, 1.54) is 66.1 Å². The summed E-state index contributed by atoms with van der Waals surface area (Å²) in [6.45, 7) is 8.13. The number of amides is 13.